The lowest BCUT2D eigenvalue weighted by molar-refractivity contribution is -0.117. The predicted molar refractivity (Wildman–Crippen MR) is 60.8 cm³/mol. The van der Waals surface area contributed by atoms with Gasteiger partial charge in [0.25, 0.3) is 0 Å². The summed E-state index contributed by atoms with van der Waals surface area (Å²) in [7, 11) is 0. The van der Waals surface area contributed by atoms with Crippen molar-refractivity contribution in [1.29, 1.82) is 0 Å². The maximum Gasteiger partial charge on any atom is 0.235 e. The first-order valence-electron chi connectivity index (χ1n) is 4.20. The van der Waals surface area contributed by atoms with E-state index >= 15 is 0 Å². The standard InChI is InChI=1S/C10H12ClNOS/c1-14-8-4-2-3-7(5-8)6-9(11)10(12)13/h2-5,9H,6H2,1H3,(H2,12,13). The van der Waals surface area contributed by atoms with Crippen molar-refractivity contribution in [3.63, 3.8) is 0 Å². The largest absolute Gasteiger partial charge is 0.368 e. The SMILES string of the molecule is CSc1cccc(CC(Cl)C(N)=O)c1. The molecule has 0 aromatic heterocycles. The summed E-state index contributed by atoms with van der Waals surface area (Å²) < 4.78 is 0. The summed E-state index contributed by atoms with van der Waals surface area (Å²) in [4.78, 5) is 11.9. The molecule has 0 aliphatic carbocycles. The smallest absolute Gasteiger partial charge is 0.235 e. The van der Waals surface area contributed by atoms with Crippen LogP contribution >= 0.6 is 23.4 Å². The number of hydrogen-bond acceptors (Lipinski definition) is 2. The van der Waals surface area contributed by atoms with Crippen LogP contribution in [-0.4, -0.2) is 17.5 Å². The molecular weight excluding hydrogens is 218 g/mol. The third kappa shape index (κ3) is 3.24. The van der Waals surface area contributed by atoms with Crippen molar-refractivity contribution in [3.8, 4) is 0 Å². The number of benzene rings is 1. The van der Waals surface area contributed by atoms with E-state index in [4.69, 9.17) is 17.3 Å². The summed E-state index contributed by atoms with van der Waals surface area (Å²) in [6.45, 7) is 0. The number of halogens is 1. The maximum atomic E-state index is 10.7. The van der Waals surface area contributed by atoms with E-state index in [1.54, 1.807) is 11.8 Å². The van der Waals surface area contributed by atoms with Crippen LogP contribution in [0.25, 0.3) is 0 Å². The Bertz CT molecular complexity index is 330. The van der Waals surface area contributed by atoms with Gasteiger partial charge in [-0.2, -0.15) is 0 Å². The van der Waals surface area contributed by atoms with E-state index in [9.17, 15) is 4.79 Å². The first-order chi connectivity index (χ1) is 6.63. The van der Waals surface area contributed by atoms with E-state index in [0.717, 1.165) is 10.5 Å². The third-order valence-corrected chi connectivity index (χ3v) is 2.95. The fraction of sp³-hybridized carbons (Fsp3) is 0.300. The summed E-state index contributed by atoms with van der Waals surface area (Å²) in [5, 5.41) is -0.618. The minimum Gasteiger partial charge on any atom is -0.368 e. The number of thioether (sulfide) groups is 1. The second-order valence-electron chi connectivity index (χ2n) is 2.93. The van der Waals surface area contributed by atoms with Gasteiger partial charge in [-0.3, -0.25) is 4.79 Å². The molecule has 2 N–H and O–H groups in total. The van der Waals surface area contributed by atoms with Gasteiger partial charge in [-0.1, -0.05) is 12.1 Å². The highest BCUT2D eigenvalue weighted by Gasteiger charge is 2.11. The lowest BCUT2D eigenvalue weighted by Gasteiger charge is -2.06. The van der Waals surface area contributed by atoms with Crippen LogP contribution in [0.3, 0.4) is 0 Å². The average molecular weight is 230 g/mol. The molecule has 76 valence electrons. The van der Waals surface area contributed by atoms with Crippen molar-refractivity contribution in [2.45, 2.75) is 16.7 Å². The Hall–Kier alpha value is -0.670. The normalized spacial score (nSPS) is 12.4. The number of hydrogen-bond donors (Lipinski definition) is 1. The monoisotopic (exact) mass is 229 g/mol. The Kier molecular flexibility index (Phi) is 4.29. The van der Waals surface area contributed by atoms with Gasteiger partial charge in [-0.05, 0) is 30.4 Å². The third-order valence-electron chi connectivity index (χ3n) is 1.86. The number of alkyl halides is 1. The maximum absolute atomic E-state index is 10.7. The van der Waals surface area contributed by atoms with Gasteiger partial charge in [0.1, 0.15) is 5.38 Å². The van der Waals surface area contributed by atoms with Crippen LogP contribution in [0, 0.1) is 0 Å². The van der Waals surface area contributed by atoms with Gasteiger partial charge < -0.3 is 5.73 Å². The van der Waals surface area contributed by atoms with Gasteiger partial charge in [0.05, 0.1) is 0 Å². The first-order valence-corrected chi connectivity index (χ1v) is 5.86. The molecule has 4 heteroatoms. The topological polar surface area (TPSA) is 43.1 Å². The quantitative estimate of drug-likeness (QED) is 0.634. The summed E-state index contributed by atoms with van der Waals surface area (Å²) in [5.41, 5.74) is 6.12. The number of carbonyl (C=O) groups is 1. The van der Waals surface area contributed by atoms with E-state index < -0.39 is 11.3 Å². The van der Waals surface area contributed by atoms with Crippen LogP contribution in [0.2, 0.25) is 0 Å². The van der Waals surface area contributed by atoms with Gasteiger partial charge in [0.2, 0.25) is 5.91 Å². The van der Waals surface area contributed by atoms with E-state index in [0.29, 0.717) is 6.42 Å². The molecule has 0 aliphatic heterocycles. The molecule has 0 saturated heterocycles. The summed E-state index contributed by atoms with van der Waals surface area (Å²) in [6.07, 6.45) is 2.50. The summed E-state index contributed by atoms with van der Waals surface area (Å²) in [5.74, 6) is -0.471. The molecule has 1 rings (SSSR count). The Balaban J connectivity index is 2.71. The molecule has 0 spiro atoms. The van der Waals surface area contributed by atoms with Gasteiger partial charge in [0.15, 0.2) is 0 Å². The van der Waals surface area contributed by atoms with Gasteiger partial charge >= 0.3 is 0 Å². The van der Waals surface area contributed by atoms with Crippen LogP contribution in [0.15, 0.2) is 29.2 Å². The van der Waals surface area contributed by atoms with Crippen molar-refractivity contribution in [3.05, 3.63) is 29.8 Å². The van der Waals surface area contributed by atoms with Crippen molar-refractivity contribution in [1.82, 2.24) is 0 Å². The minimum atomic E-state index is -0.618. The Morgan fingerprint density at radius 3 is 2.93 bits per heavy atom. The van der Waals surface area contributed by atoms with Crippen LogP contribution in [0.1, 0.15) is 5.56 Å². The van der Waals surface area contributed by atoms with Gasteiger partial charge in [-0.15, -0.1) is 23.4 Å². The fourth-order valence-corrected chi connectivity index (χ4v) is 1.77. The van der Waals surface area contributed by atoms with Crippen molar-refractivity contribution >= 4 is 29.3 Å². The van der Waals surface area contributed by atoms with Crippen molar-refractivity contribution in [2.24, 2.45) is 5.73 Å². The Labute approximate surface area is 92.8 Å². The molecule has 14 heavy (non-hydrogen) atoms. The number of rotatable bonds is 4. The van der Waals surface area contributed by atoms with E-state index in [1.165, 1.54) is 0 Å². The van der Waals surface area contributed by atoms with Gasteiger partial charge in [-0.25, -0.2) is 0 Å². The summed E-state index contributed by atoms with van der Waals surface area (Å²) >= 11 is 7.42. The number of amides is 1. The highest BCUT2D eigenvalue weighted by atomic mass is 35.5. The van der Waals surface area contributed by atoms with Crippen LogP contribution < -0.4 is 5.73 Å². The lowest BCUT2D eigenvalue weighted by atomic mass is 10.1. The minimum absolute atomic E-state index is 0.471. The molecule has 0 radical (unpaired) electrons. The first kappa shape index (κ1) is 11.4. The molecule has 1 unspecified atom stereocenters. The Morgan fingerprint density at radius 1 is 1.64 bits per heavy atom. The molecular formula is C10H12ClNOS. The number of primary amides is 1. The number of nitrogens with two attached hydrogens (primary N) is 1. The molecule has 0 bridgehead atoms. The van der Waals surface area contributed by atoms with Crippen molar-refractivity contribution < 1.29 is 4.79 Å². The highest BCUT2D eigenvalue weighted by Crippen LogP contribution is 2.17. The highest BCUT2D eigenvalue weighted by molar-refractivity contribution is 7.98. The van der Waals surface area contributed by atoms with Crippen LogP contribution in [0.4, 0.5) is 0 Å². The van der Waals surface area contributed by atoms with Crippen molar-refractivity contribution in [2.75, 3.05) is 6.26 Å². The zero-order valence-electron chi connectivity index (χ0n) is 7.87. The zero-order chi connectivity index (χ0) is 10.6. The zero-order valence-corrected chi connectivity index (χ0v) is 9.44. The molecule has 1 aromatic rings. The fourth-order valence-electron chi connectivity index (χ4n) is 1.11. The second kappa shape index (κ2) is 5.27. The van der Waals surface area contributed by atoms with E-state index in [1.807, 2.05) is 30.5 Å². The summed E-state index contributed by atoms with van der Waals surface area (Å²) in [6, 6.07) is 7.93. The molecule has 0 saturated carbocycles. The van der Waals surface area contributed by atoms with E-state index in [2.05, 4.69) is 0 Å². The second-order valence-corrected chi connectivity index (χ2v) is 4.33. The molecule has 0 fully saturated rings. The molecule has 0 aliphatic rings. The predicted octanol–water partition coefficient (Wildman–Crippen LogP) is 2.04. The lowest BCUT2D eigenvalue weighted by Crippen LogP contribution is -2.25. The van der Waals surface area contributed by atoms with Crippen LogP contribution in [0.5, 0.6) is 0 Å². The molecule has 1 aromatic carbocycles. The molecule has 1 atom stereocenters. The molecule has 0 heterocycles. The van der Waals surface area contributed by atoms with Gasteiger partial charge in [0, 0.05) is 4.90 Å². The number of carbonyl (C=O) groups excluding carboxylic acids is 1. The Morgan fingerprint density at radius 2 is 2.36 bits per heavy atom. The molecule has 2 nitrogen and oxygen atoms in total. The van der Waals surface area contributed by atoms with E-state index in [-0.39, 0.29) is 0 Å². The molecule has 1 amide bonds. The van der Waals surface area contributed by atoms with Crippen LogP contribution in [-0.2, 0) is 11.2 Å². The average Bonchev–Trinajstić information content (AvgIpc) is 2.18.